The van der Waals surface area contributed by atoms with Gasteiger partial charge in [-0.05, 0) is 54.5 Å². The van der Waals surface area contributed by atoms with Crippen LogP contribution in [0, 0.1) is 6.92 Å². The summed E-state index contributed by atoms with van der Waals surface area (Å²) in [6, 6.07) is 11.1. The lowest BCUT2D eigenvalue weighted by atomic mass is 10.1. The van der Waals surface area contributed by atoms with Gasteiger partial charge < -0.3 is 14.2 Å². The molecule has 0 amide bonds. The second-order valence-corrected chi connectivity index (χ2v) is 6.27. The van der Waals surface area contributed by atoms with Gasteiger partial charge in [-0.25, -0.2) is 9.79 Å². The number of benzene rings is 2. The molecule has 24 heavy (non-hydrogen) atoms. The molecule has 2 aromatic carbocycles. The summed E-state index contributed by atoms with van der Waals surface area (Å²) in [5.74, 6) is 1.19. The average molecular weight is 386 g/mol. The minimum Gasteiger partial charge on any atom is -0.454 e. The number of hydrogen-bond donors (Lipinski definition) is 0. The molecule has 2 aliphatic heterocycles. The van der Waals surface area contributed by atoms with Crippen LogP contribution in [0.1, 0.15) is 16.7 Å². The van der Waals surface area contributed by atoms with Crippen molar-refractivity contribution in [2.45, 2.75) is 6.92 Å². The predicted octanol–water partition coefficient (Wildman–Crippen LogP) is 3.83. The molecule has 0 bridgehead atoms. The van der Waals surface area contributed by atoms with Crippen LogP contribution in [-0.2, 0) is 9.53 Å². The molecule has 6 heteroatoms. The molecular formula is C18H12BrNO4. The highest BCUT2D eigenvalue weighted by molar-refractivity contribution is 9.10. The van der Waals surface area contributed by atoms with Crippen LogP contribution in [0.4, 0.5) is 0 Å². The normalized spacial score (nSPS) is 17.2. The molecule has 4 rings (SSSR count). The van der Waals surface area contributed by atoms with Crippen LogP contribution in [0.15, 0.2) is 51.6 Å². The fourth-order valence-electron chi connectivity index (χ4n) is 2.47. The van der Waals surface area contributed by atoms with Crippen LogP contribution in [0.5, 0.6) is 11.5 Å². The zero-order valence-electron chi connectivity index (χ0n) is 12.7. The highest BCUT2D eigenvalue weighted by Gasteiger charge is 2.24. The molecule has 0 radical (unpaired) electrons. The molecule has 0 aliphatic carbocycles. The standard InChI is InChI=1S/C18H12BrNO4/c1-10-6-12(3-4-13(10)19)17-20-14(18(21)24-17)7-11-2-5-15-16(8-11)23-9-22-15/h2-8H,9H2,1H3/b14-7-. The Hall–Kier alpha value is -2.60. The van der Waals surface area contributed by atoms with Crippen LogP contribution < -0.4 is 9.47 Å². The summed E-state index contributed by atoms with van der Waals surface area (Å²) in [6.07, 6.45) is 1.67. The Balaban J connectivity index is 1.67. The maximum Gasteiger partial charge on any atom is 0.363 e. The number of hydrogen-bond acceptors (Lipinski definition) is 5. The van der Waals surface area contributed by atoms with E-state index in [1.54, 1.807) is 18.2 Å². The number of carbonyl (C=O) groups is 1. The Morgan fingerprint density at radius 1 is 1.12 bits per heavy atom. The number of fused-ring (bicyclic) bond motifs is 1. The molecule has 5 nitrogen and oxygen atoms in total. The van der Waals surface area contributed by atoms with Crippen LogP contribution in [-0.4, -0.2) is 18.7 Å². The predicted molar refractivity (Wildman–Crippen MR) is 92.1 cm³/mol. The number of cyclic esters (lactones) is 1. The van der Waals surface area contributed by atoms with E-state index in [1.807, 2.05) is 31.2 Å². The number of aryl methyl sites for hydroxylation is 1. The number of esters is 1. The van der Waals surface area contributed by atoms with Crippen LogP contribution in [0.2, 0.25) is 0 Å². The van der Waals surface area contributed by atoms with E-state index in [0.717, 1.165) is 21.2 Å². The van der Waals surface area contributed by atoms with Crippen LogP contribution in [0.25, 0.3) is 6.08 Å². The minimum absolute atomic E-state index is 0.211. The molecule has 0 aromatic heterocycles. The first-order valence-electron chi connectivity index (χ1n) is 7.29. The maximum absolute atomic E-state index is 12.1. The molecule has 0 saturated carbocycles. The summed E-state index contributed by atoms with van der Waals surface area (Å²) in [7, 11) is 0. The number of rotatable bonds is 2. The lowest BCUT2D eigenvalue weighted by Crippen LogP contribution is -2.05. The smallest absolute Gasteiger partial charge is 0.363 e. The van der Waals surface area contributed by atoms with Gasteiger partial charge in [-0.15, -0.1) is 0 Å². The monoisotopic (exact) mass is 385 g/mol. The SMILES string of the molecule is Cc1cc(C2=N/C(=C\c3ccc4c(c3)OCO4)C(=O)O2)ccc1Br. The van der Waals surface area contributed by atoms with E-state index in [4.69, 9.17) is 14.2 Å². The van der Waals surface area contributed by atoms with Crippen molar-refractivity contribution in [3.63, 3.8) is 0 Å². The quantitative estimate of drug-likeness (QED) is 0.582. The summed E-state index contributed by atoms with van der Waals surface area (Å²) < 4.78 is 16.9. The number of nitrogens with zero attached hydrogens (tertiary/aromatic N) is 1. The molecule has 2 heterocycles. The first-order chi connectivity index (χ1) is 11.6. The molecule has 0 unspecified atom stereocenters. The molecule has 0 N–H and O–H groups in total. The topological polar surface area (TPSA) is 57.1 Å². The van der Waals surface area contributed by atoms with Gasteiger partial charge in [0, 0.05) is 10.0 Å². The highest BCUT2D eigenvalue weighted by atomic mass is 79.9. The largest absolute Gasteiger partial charge is 0.454 e. The minimum atomic E-state index is -0.469. The van der Waals surface area contributed by atoms with Gasteiger partial charge in [0.05, 0.1) is 0 Å². The van der Waals surface area contributed by atoms with Crippen LogP contribution in [0.3, 0.4) is 0 Å². The van der Waals surface area contributed by atoms with Crippen molar-refractivity contribution in [2.24, 2.45) is 4.99 Å². The van der Waals surface area contributed by atoms with E-state index in [-0.39, 0.29) is 12.5 Å². The Bertz CT molecular complexity index is 917. The molecule has 0 atom stereocenters. The average Bonchev–Trinajstić information content (AvgIpc) is 3.17. The zero-order valence-corrected chi connectivity index (χ0v) is 14.3. The van der Waals surface area contributed by atoms with E-state index in [2.05, 4.69) is 20.9 Å². The third kappa shape index (κ3) is 2.69. The summed E-state index contributed by atoms with van der Waals surface area (Å²) in [5.41, 5.74) is 2.85. The molecule has 0 saturated heterocycles. The van der Waals surface area contributed by atoms with E-state index in [9.17, 15) is 4.79 Å². The number of ether oxygens (including phenoxy) is 3. The van der Waals surface area contributed by atoms with Crippen LogP contribution >= 0.6 is 15.9 Å². The van der Waals surface area contributed by atoms with Gasteiger partial charge >= 0.3 is 5.97 Å². The van der Waals surface area contributed by atoms with Gasteiger partial charge in [0.25, 0.3) is 0 Å². The van der Waals surface area contributed by atoms with Crippen molar-refractivity contribution in [2.75, 3.05) is 6.79 Å². The molecule has 0 spiro atoms. The third-order valence-electron chi connectivity index (χ3n) is 3.73. The first-order valence-corrected chi connectivity index (χ1v) is 8.08. The Morgan fingerprint density at radius 3 is 2.79 bits per heavy atom. The Labute approximate surface area is 146 Å². The Morgan fingerprint density at radius 2 is 1.96 bits per heavy atom. The van der Waals surface area contributed by atoms with Crippen molar-refractivity contribution in [3.05, 3.63) is 63.3 Å². The lowest BCUT2D eigenvalue weighted by molar-refractivity contribution is -0.129. The summed E-state index contributed by atoms with van der Waals surface area (Å²) in [5, 5.41) is 0. The van der Waals surface area contributed by atoms with E-state index < -0.39 is 5.97 Å². The van der Waals surface area contributed by atoms with Crippen molar-refractivity contribution < 1.29 is 19.0 Å². The fourth-order valence-corrected chi connectivity index (χ4v) is 2.72. The first kappa shape index (κ1) is 15.0. The van der Waals surface area contributed by atoms with Crippen molar-refractivity contribution in [1.29, 1.82) is 0 Å². The fraction of sp³-hybridized carbons (Fsp3) is 0.111. The van der Waals surface area contributed by atoms with E-state index in [0.29, 0.717) is 17.4 Å². The summed E-state index contributed by atoms with van der Waals surface area (Å²) >= 11 is 3.45. The third-order valence-corrected chi connectivity index (χ3v) is 4.62. The molecule has 2 aliphatic rings. The van der Waals surface area contributed by atoms with Gasteiger partial charge in [0.1, 0.15) is 0 Å². The highest BCUT2D eigenvalue weighted by Crippen LogP contribution is 2.33. The number of halogens is 1. The Kier molecular flexibility index (Phi) is 3.61. The molecule has 2 aromatic rings. The lowest BCUT2D eigenvalue weighted by Gasteiger charge is -2.02. The van der Waals surface area contributed by atoms with Gasteiger partial charge in [0.15, 0.2) is 17.2 Å². The van der Waals surface area contributed by atoms with Crippen molar-refractivity contribution in [3.8, 4) is 11.5 Å². The van der Waals surface area contributed by atoms with E-state index in [1.165, 1.54) is 0 Å². The number of aliphatic imine (C=N–C) groups is 1. The summed E-state index contributed by atoms with van der Waals surface area (Å²) in [6.45, 7) is 2.18. The van der Waals surface area contributed by atoms with Crippen molar-refractivity contribution >= 4 is 33.9 Å². The molecule has 120 valence electrons. The van der Waals surface area contributed by atoms with Gasteiger partial charge in [-0.1, -0.05) is 22.0 Å². The second kappa shape index (κ2) is 5.79. The van der Waals surface area contributed by atoms with Gasteiger partial charge in [-0.2, -0.15) is 0 Å². The van der Waals surface area contributed by atoms with Crippen molar-refractivity contribution in [1.82, 2.24) is 0 Å². The summed E-state index contributed by atoms with van der Waals surface area (Å²) in [4.78, 5) is 16.4. The van der Waals surface area contributed by atoms with Gasteiger partial charge in [0.2, 0.25) is 12.7 Å². The maximum atomic E-state index is 12.1. The van der Waals surface area contributed by atoms with E-state index >= 15 is 0 Å². The molecule has 0 fully saturated rings. The van der Waals surface area contributed by atoms with Gasteiger partial charge in [-0.3, -0.25) is 0 Å². The second-order valence-electron chi connectivity index (χ2n) is 5.41. The molecular weight excluding hydrogens is 374 g/mol. The number of carbonyl (C=O) groups excluding carboxylic acids is 1. The zero-order chi connectivity index (χ0) is 16.7.